The first-order valence-corrected chi connectivity index (χ1v) is 12.9. The number of rotatable bonds is 8. The first-order valence-electron chi connectivity index (χ1n) is 10.7. The molecule has 0 spiro atoms. The third kappa shape index (κ3) is 7.97. The van der Waals surface area contributed by atoms with E-state index in [0.29, 0.717) is 31.3 Å². The summed E-state index contributed by atoms with van der Waals surface area (Å²) in [6, 6.07) is 13.1. The number of ether oxygens (including phenoxy) is 2. The summed E-state index contributed by atoms with van der Waals surface area (Å²) in [5.41, 5.74) is 4.31. The fourth-order valence-corrected chi connectivity index (χ4v) is 4.30. The molecule has 0 bridgehead atoms. The molecule has 0 saturated carbocycles. The van der Waals surface area contributed by atoms with Gasteiger partial charge in [0.15, 0.2) is 18.1 Å². The maximum Gasteiger partial charge on any atom is 0.329 e. The number of nitrogens with zero attached hydrogens (tertiary/aromatic N) is 1. The Morgan fingerprint density at radius 1 is 1.00 bits per heavy atom. The molecule has 0 aliphatic carbocycles. The van der Waals surface area contributed by atoms with Gasteiger partial charge in [-0.3, -0.25) is 14.4 Å². The Morgan fingerprint density at radius 3 is 2.50 bits per heavy atom. The second-order valence-electron chi connectivity index (χ2n) is 7.58. The molecule has 3 amide bonds. The Hall–Kier alpha value is -3.06. The van der Waals surface area contributed by atoms with Gasteiger partial charge in [0.05, 0.1) is 32.6 Å². The zero-order valence-corrected chi connectivity index (χ0v) is 24.3. The summed E-state index contributed by atoms with van der Waals surface area (Å²) >= 11 is 19.9. The van der Waals surface area contributed by atoms with Crippen LogP contribution in [0.5, 0.6) is 11.5 Å². The third-order valence-electron chi connectivity index (χ3n) is 4.86. The van der Waals surface area contributed by atoms with E-state index in [2.05, 4.69) is 21.2 Å². The van der Waals surface area contributed by atoms with E-state index >= 15 is 0 Å². The molecule has 3 aromatic rings. The van der Waals surface area contributed by atoms with Crippen molar-refractivity contribution in [3.8, 4) is 11.5 Å². The van der Waals surface area contributed by atoms with Crippen LogP contribution in [0.1, 0.15) is 11.1 Å². The van der Waals surface area contributed by atoms with E-state index in [-0.39, 0.29) is 28.2 Å². The largest absolute Gasteiger partial charge is 0.493 e. The first kappa shape index (κ1) is 29.5. The van der Waals surface area contributed by atoms with E-state index in [1.165, 1.54) is 19.4 Å². The molecule has 0 heterocycles. The lowest BCUT2D eigenvalue weighted by Gasteiger charge is -2.14. The van der Waals surface area contributed by atoms with Crippen molar-refractivity contribution < 1.29 is 23.9 Å². The molecule has 0 aliphatic heterocycles. The fraction of sp³-hybridized carbons (Fsp3) is 0.120. The fourth-order valence-electron chi connectivity index (χ4n) is 3.00. The Bertz CT molecular complexity index is 1420. The number of carbonyl (C=O) groups excluding carboxylic acids is 3. The van der Waals surface area contributed by atoms with Crippen molar-refractivity contribution in [2.45, 2.75) is 6.92 Å². The number of nitrogens with one attached hydrogen (secondary N) is 3. The Kier molecular flexibility index (Phi) is 10.6. The number of methoxy groups -OCH3 is 1. The molecule has 3 rings (SSSR count). The van der Waals surface area contributed by atoms with E-state index in [1.807, 2.05) is 29.5 Å². The van der Waals surface area contributed by atoms with Gasteiger partial charge in [0.1, 0.15) is 0 Å². The molecule has 9 nitrogen and oxygen atoms in total. The molecule has 38 heavy (non-hydrogen) atoms. The second-order valence-corrected chi connectivity index (χ2v) is 9.97. The molecule has 3 aromatic carbocycles. The van der Waals surface area contributed by atoms with Crippen LogP contribution in [0.2, 0.25) is 15.1 Å². The summed E-state index contributed by atoms with van der Waals surface area (Å²) in [4.78, 5) is 36.6. The maximum atomic E-state index is 12.4. The molecule has 0 aliphatic rings. The molecule has 13 heteroatoms. The average Bonchev–Trinajstić information content (AvgIpc) is 2.87. The van der Waals surface area contributed by atoms with Crippen molar-refractivity contribution in [3.63, 3.8) is 0 Å². The highest BCUT2D eigenvalue weighted by molar-refractivity contribution is 14.1. The summed E-state index contributed by atoms with van der Waals surface area (Å²) < 4.78 is 11.7. The Balaban J connectivity index is 1.60. The number of carbonyl (C=O) groups is 3. The number of hydrogen-bond donors (Lipinski definition) is 3. The number of aryl methyl sites for hydroxylation is 1. The number of hydrogen-bond acceptors (Lipinski definition) is 6. The van der Waals surface area contributed by atoms with Gasteiger partial charge < -0.3 is 20.1 Å². The van der Waals surface area contributed by atoms with Gasteiger partial charge in [0, 0.05) is 10.7 Å². The predicted octanol–water partition coefficient (Wildman–Crippen LogP) is 5.67. The summed E-state index contributed by atoms with van der Waals surface area (Å²) in [6.45, 7) is 1.58. The van der Waals surface area contributed by atoms with Crippen molar-refractivity contribution in [1.29, 1.82) is 0 Å². The molecule has 3 N–H and O–H groups in total. The number of benzene rings is 3. The number of anilines is 2. The molecular formula is C25H20Cl3IN4O5. The zero-order valence-electron chi connectivity index (χ0n) is 19.9. The minimum Gasteiger partial charge on any atom is -0.493 e. The second kappa shape index (κ2) is 13.7. The van der Waals surface area contributed by atoms with E-state index in [4.69, 9.17) is 44.3 Å². The number of amides is 3. The van der Waals surface area contributed by atoms with Crippen LogP contribution in [-0.4, -0.2) is 37.7 Å². The minimum atomic E-state index is -1.01. The molecule has 0 atom stereocenters. The van der Waals surface area contributed by atoms with Gasteiger partial charge in [-0.1, -0.05) is 46.9 Å². The summed E-state index contributed by atoms with van der Waals surface area (Å²) in [5, 5.41) is 9.77. The van der Waals surface area contributed by atoms with Crippen LogP contribution in [0.15, 0.2) is 53.6 Å². The lowest BCUT2D eigenvalue weighted by Crippen LogP contribution is -2.32. The van der Waals surface area contributed by atoms with Gasteiger partial charge in [0.2, 0.25) is 0 Å². The van der Waals surface area contributed by atoms with Crippen molar-refractivity contribution in [3.05, 3.63) is 78.3 Å². The quantitative estimate of drug-likeness (QED) is 0.122. The minimum absolute atomic E-state index is 0.111. The van der Waals surface area contributed by atoms with Gasteiger partial charge in [-0.25, -0.2) is 5.43 Å². The van der Waals surface area contributed by atoms with Crippen molar-refractivity contribution in [2.24, 2.45) is 5.10 Å². The van der Waals surface area contributed by atoms with Crippen LogP contribution in [0.4, 0.5) is 11.4 Å². The smallest absolute Gasteiger partial charge is 0.329 e. The lowest BCUT2D eigenvalue weighted by molar-refractivity contribution is -0.136. The Labute approximate surface area is 246 Å². The average molecular weight is 690 g/mol. The standard InChI is InChI=1S/C25H20Cl3IN4O5/c1-13-6-7-15(26)10-19(13)31-21(34)12-38-23-17(29)8-14(9-20(23)37-2)11-30-33-25(36)24(35)32-18-5-3-4-16(27)22(18)28/h3-11H,12H2,1-2H3,(H,31,34)(H,32,35)(H,33,36)/b30-11-. The molecule has 0 unspecified atom stereocenters. The van der Waals surface area contributed by atoms with Crippen LogP contribution in [0, 0.1) is 10.5 Å². The van der Waals surface area contributed by atoms with Crippen LogP contribution >= 0.6 is 57.4 Å². The van der Waals surface area contributed by atoms with Gasteiger partial charge in [-0.2, -0.15) is 5.10 Å². The molecule has 198 valence electrons. The monoisotopic (exact) mass is 688 g/mol. The van der Waals surface area contributed by atoms with Crippen molar-refractivity contribution >= 4 is 92.7 Å². The summed E-state index contributed by atoms with van der Waals surface area (Å²) in [5.74, 6) is -1.68. The van der Waals surface area contributed by atoms with Crippen LogP contribution in [0.25, 0.3) is 0 Å². The van der Waals surface area contributed by atoms with E-state index in [9.17, 15) is 14.4 Å². The highest BCUT2D eigenvalue weighted by Crippen LogP contribution is 2.34. The first-order chi connectivity index (χ1) is 18.1. The van der Waals surface area contributed by atoms with E-state index in [0.717, 1.165) is 5.56 Å². The van der Waals surface area contributed by atoms with Crippen molar-refractivity contribution in [2.75, 3.05) is 24.4 Å². The van der Waals surface area contributed by atoms with Crippen LogP contribution < -0.4 is 25.5 Å². The van der Waals surface area contributed by atoms with Crippen LogP contribution in [0.3, 0.4) is 0 Å². The molecular weight excluding hydrogens is 670 g/mol. The van der Waals surface area contributed by atoms with Crippen LogP contribution in [-0.2, 0) is 14.4 Å². The molecule has 0 saturated heterocycles. The van der Waals surface area contributed by atoms with E-state index < -0.39 is 11.8 Å². The maximum absolute atomic E-state index is 12.4. The van der Waals surface area contributed by atoms with Gasteiger partial charge in [0.25, 0.3) is 5.91 Å². The molecule has 0 radical (unpaired) electrons. The van der Waals surface area contributed by atoms with E-state index in [1.54, 1.807) is 42.5 Å². The van der Waals surface area contributed by atoms with Gasteiger partial charge in [-0.05, 0) is 77.0 Å². The highest BCUT2D eigenvalue weighted by Gasteiger charge is 2.16. The van der Waals surface area contributed by atoms with Crippen molar-refractivity contribution in [1.82, 2.24) is 5.43 Å². The highest BCUT2D eigenvalue weighted by atomic mass is 127. The third-order valence-corrected chi connectivity index (χ3v) is 6.71. The zero-order chi connectivity index (χ0) is 27.8. The van der Waals surface area contributed by atoms with Gasteiger partial charge >= 0.3 is 11.8 Å². The molecule has 0 aromatic heterocycles. The Morgan fingerprint density at radius 2 is 1.76 bits per heavy atom. The normalized spacial score (nSPS) is 10.7. The number of halogens is 4. The lowest BCUT2D eigenvalue weighted by atomic mass is 10.2. The topological polar surface area (TPSA) is 118 Å². The number of hydrazone groups is 1. The summed E-state index contributed by atoms with van der Waals surface area (Å²) in [7, 11) is 1.45. The SMILES string of the molecule is COc1cc(/C=N\NC(=O)C(=O)Nc2cccc(Cl)c2Cl)cc(I)c1OCC(=O)Nc1cc(Cl)ccc1C. The molecule has 0 fully saturated rings. The predicted molar refractivity (Wildman–Crippen MR) is 157 cm³/mol. The van der Waals surface area contributed by atoms with Gasteiger partial charge in [-0.15, -0.1) is 0 Å². The summed E-state index contributed by atoms with van der Waals surface area (Å²) in [6.07, 6.45) is 1.32.